The van der Waals surface area contributed by atoms with Crippen LogP contribution in [0.25, 0.3) is 16.9 Å². The summed E-state index contributed by atoms with van der Waals surface area (Å²) < 4.78 is 37.0. The second kappa shape index (κ2) is 12.6. The van der Waals surface area contributed by atoms with Crippen LogP contribution >= 0.6 is 0 Å². The molecular formula is C32H38N10O3S. The molecule has 46 heavy (non-hydrogen) atoms. The molecule has 4 heterocycles. The van der Waals surface area contributed by atoms with Gasteiger partial charge in [-0.05, 0) is 99.4 Å². The Labute approximate surface area is 267 Å². The minimum atomic E-state index is -3.66. The molecule has 2 fully saturated rings. The first-order valence-corrected chi connectivity index (χ1v) is 17.2. The number of ether oxygens (including phenoxy) is 1. The first-order chi connectivity index (χ1) is 22.3. The molecule has 1 saturated heterocycles. The third-order valence-corrected chi connectivity index (χ3v) is 10.4. The van der Waals surface area contributed by atoms with Crippen molar-refractivity contribution in [3.63, 3.8) is 0 Å². The molecule has 0 amide bonds. The maximum absolute atomic E-state index is 13.2. The number of H-pyrrole nitrogens is 1. The number of hydrogen-bond donors (Lipinski definition) is 4. The Morgan fingerprint density at radius 2 is 1.89 bits per heavy atom. The Kier molecular flexibility index (Phi) is 8.21. The van der Waals surface area contributed by atoms with Gasteiger partial charge in [-0.15, -0.1) is 5.10 Å². The lowest BCUT2D eigenvalue weighted by Crippen LogP contribution is -2.35. The van der Waals surface area contributed by atoms with Crippen molar-refractivity contribution in [3.8, 4) is 17.0 Å². The van der Waals surface area contributed by atoms with Crippen LogP contribution in [0, 0.1) is 12.8 Å². The summed E-state index contributed by atoms with van der Waals surface area (Å²) in [5.74, 6) is 1.39. The number of sulfonamides is 1. The fourth-order valence-corrected chi connectivity index (χ4v) is 7.08. The predicted molar refractivity (Wildman–Crippen MR) is 177 cm³/mol. The van der Waals surface area contributed by atoms with E-state index in [4.69, 9.17) is 15.5 Å². The van der Waals surface area contributed by atoms with Crippen LogP contribution in [0.1, 0.15) is 44.1 Å². The van der Waals surface area contributed by atoms with Crippen molar-refractivity contribution in [3.05, 3.63) is 66.7 Å². The topological polar surface area (TPSA) is 168 Å². The summed E-state index contributed by atoms with van der Waals surface area (Å²) in [6.45, 7) is 4.16. The molecule has 13 nitrogen and oxygen atoms in total. The lowest BCUT2D eigenvalue weighted by Gasteiger charge is -2.33. The molecule has 3 aromatic heterocycles. The molecule has 0 atom stereocenters. The summed E-state index contributed by atoms with van der Waals surface area (Å²) in [5.41, 5.74) is 11.2. The number of aromatic amines is 1. The highest BCUT2D eigenvalue weighted by Crippen LogP contribution is 2.35. The first-order valence-electron chi connectivity index (χ1n) is 15.7. The van der Waals surface area contributed by atoms with Gasteiger partial charge >= 0.3 is 0 Å². The van der Waals surface area contributed by atoms with Crippen LogP contribution in [0.3, 0.4) is 0 Å². The van der Waals surface area contributed by atoms with Gasteiger partial charge in [-0.3, -0.25) is 5.10 Å². The quantitative estimate of drug-likeness (QED) is 0.149. The van der Waals surface area contributed by atoms with Crippen molar-refractivity contribution >= 4 is 38.7 Å². The smallest absolute Gasteiger partial charge is 0.247 e. The molecule has 7 rings (SSSR count). The molecular weight excluding hydrogens is 604 g/mol. The fourth-order valence-electron chi connectivity index (χ4n) is 5.95. The van der Waals surface area contributed by atoms with E-state index in [9.17, 15) is 8.42 Å². The lowest BCUT2D eigenvalue weighted by molar-refractivity contribution is 0.121. The van der Waals surface area contributed by atoms with Gasteiger partial charge in [-0.2, -0.15) is 14.6 Å². The third-order valence-electron chi connectivity index (χ3n) is 8.93. The Morgan fingerprint density at radius 1 is 1.09 bits per heavy atom. The maximum atomic E-state index is 13.2. The van der Waals surface area contributed by atoms with Gasteiger partial charge in [-0.1, -0.05) is 0 Å². The number of aromatic nitrogens is 6. The lowest BCUT2D eigenvalue weighted by atomic mass is 9.93. The van der Waals surface area contributed by atoms with E-state index < -0.39 is 10.0 Å². The molecule has 1 aliphatic heterocycles. The molecule has 1 saturated carbocycles. The number of nitrogen functional groups attached to an aromatic ring is 1. The fraction of sp³-hybridized carbons (Fsp3) is 0.375. The van der Waals surface area contributed by atoms with Gasteiger partial charge in [0.05, 0.1) is 17.2 Å². The van der Waals surface area contributed by atoms with E-state index >= 15 is 0 Å². The molecule has 0 spiro atoms. The number of nitrogens with two attached hydrogens (primary N) is 1. The summed E-state index contributed by atoms with van der Waals surface area (Å²) in [6, 6.07) is 13.0. The number of piperidine rings is 1. The molecule has 1 aliphatic carbocycles. The van der Waals surface area contributed by atoms with E-state index in [-0.39, 0.29) is 11.0 Å². The summed E-state index contributed by atoms with van der Waals surface area (Å²) >= 11 is 0. The SMILES string of the molecule is Cc1cc(S(=O)(=O)NCCC2CCN(c3ccc(N)cc3)CC2)ccc1Nc1nc2c(OC3CCC3)c(-c3cn[nH]c3)ncn2n1. The number of benzene rings is 2. The molecule has 240 valence electrons. The summed E-state index contributed by atoms with van der Waals surface area (Å²) in [5, 5.41) is 14.7. The van der Waals surface area contributed by atoms with Gasteiger partial charge < -0.3 is 20.7 Å². The van der Waals surface area contributed by atoms with Crippen LogP contribution < -0.4 is 25.4 Å². The maximum Gasteiger partial charge on any atom is 0.247 e. The minimum absolute atomic E-state index is 0.116. The Bertz CT molecular complexity index is 1910. The highest BCUT2D eigenvalue weighted by Gasteiger charge is 2.26. The highest BCUT2D eigenvalue weighted by atomic mass is 32.2. The molecule has 0 unspecified atom stereocenters. The van der Waals surface area contributed by atoms with Crippen molar-refractivity contribution in [1.82, 2.24) is 34.5 Å². The number of hydrogen-bond acceptors (Lipinski definition) is 10. The second-order valence-corrected chi connectivity index (χ2v) is 13.9. The average molecular weight is 643 g/mol. The molecule has 2 aromatic carbocycles. The van der Waals surface area contributed by atoms with Gasteiger partial charge in [0, 0.05) is 48.5 Å². The summed E-state index contributed by atoms with van der Waals surface area (Å²) in [6.07, 6.45) is 11.1. The van der Waals surface area contributed by atoms with Crippen LogP contribution in [0.4, 0.5) is 23.0 Å². The first kappa shape index (κ1) is 30.0. The molecule has 0 bridgehead atoms. The number of aryl methyl sites for hydroxylation is 1. The summed E-state index contributed by atoms with van der Waals surface area (Å²) in [7, 11) is -3.66. The Morgan fingerprint density at radius 3 is 2.59 bits per heavy atom. The number of nitrogens with one attached hydrogen (secondary N) is 3. The highest BCUT2D eigenvalue weighted by molar-refractivity contribution is 7.89. The van der Waals surface area contributed by atoms with E-state index in [0.29, 0.717) is 41.2 Å². The third kappa shape index (κ3) is 6.35. The zero-order valence-corrected chi connectivity index (χ0v) is 26.5. The number of nitrogens with zero attached hydrogens (tertiary/aromatic N) is 6. The zero-order valence-electron chi connectivity index (χ0n) is 25.7. The van der Waals surface area contributed by atoms with E-state index in [1.54, 1.807) is 41.4 Å². The Hall–Kier alpha value is -4.69. The van der Waals surface area contributed by atoms with Crippen LogP contribution in [0.15, 0.2) is 66.1 Å². The zero-order chi connectivity index (χ0) is 31.7. The van der Waals surface area contributed by atoms with Crippen LogP contribution in [0.5, 0.6) is 5.75 Å². The normalized spacial score (nSPS) is 16.1. The van der Waals surface area contributed by atoms with E-state index in [2.05, 4.69) is 47.4 Å². The largest absolute Gasteiger partial charge is 0.484 e. The minimum Gasteiger partial charge on any atom is -0.484 e. The standard InChI is InChI=1S/C32H38N10O3S/c1-21-17-27(46(43,44)37-14-11-22-12-15-41(16-13-22)25-7-5-24(33)6-8-25)9-10-28(21)38-32-39-31-30(45-26-3-2-4-26)29(23-18-35-36-19-23)34-20-42(31)40-32/h5-10,17-20,22,26,37H,2-4,11-16,33H2,1H3,(H,35,36)(H,38,40). The monoisotopic (exact) mass is 642 g/mol. The van der Waals surface area contributed by atoms with Crippen molar-refractivity contribution in [1.29, 1.82) is 0 Å². The van der Waals surface area contributed by atoms with Crippen molar-refractivity contribution in [2.45, 2.75) is 56.4 Å². The van der Waals surface area contributed by atoms with Gasteiger partial charge in [0.1, 0.15) is 12.0 Å². The molecule has 14 heteroatoms. The second-order valence-electron chi connectivity index (χ2n) is 12.1. The van der Waals surface area contributed by atoms with Crippen LogP contribution in [-0.4, -0.2) is 63.9 Å². The number of fused-ring (bicyclic) bond motifs is 1. The van der Waals surface area contributed by atoms with E-state index in [1.807, 2.05) is 19.1 Å². The average Bonchev–Trinajstić information content (AvgIpc) is 3.71. The van der Waals surface area contributed by atoms with E-state index in [1.165, 1.54) is 5.69 Å². The van der Waals surface area contributed by atoms with Gasteiger partial charge in [0.2, 0.25) is 21.6 Å². The van der Waals surface area contributed by atoms with Crippen molar-refractivity contribution < 1.29 is 13.2 Å². The van der Waals surface area contributed by atoms with Crippen LogP contribution in [-0.2, 0) is 10.0 Å². The van der Waals surface area contributed by atoms with Gasteiger partial charge in [-0.25, -0.2) is 18.1 Å². The van der Waals surface area contributed by atoms with Gasteiger partial charge in [0.15, 0.2) is 5.75 Å². The number of anilines is 4. The van der Waals surface area contributed by atoms with Gasteiger partial charge in [0.25, 0.3) is 0 Å². The van der Waals surface area contributed by atoms with Crippen molar-refractivity contribution in [2.24, 2.45) is 5.92 Å². The molecule has 5 aromatic rings. The van der Waals surface area contributed by atoms with Crippen molar-refractivity contribution in [2.75, 3.05) is 35.6 Å². The predicted octanol–water partition coefficient (Wildman–Crippen LogP) is 4.66. The number of rotatable bonds is 11. The van der Waals surface area contributed by atoms with E-state index in [0.717, 1.165) is 68.4 Å². The van der Waals surface area contributed by atoms with Crippen LogP contribution in [0.2, 0.25) is 0 Å². The molecule has 0 radical (unpaired) electrons. The Balaban J connectivity index is 0.984. The molecule has 5 N–H and O–H groups in total. The molecule has 2 aliphatic rings. The summed E-state index contributed by atoms with van der Waals surface area (Å²) in [4.78, 5) is 11.9.